The van der Waals surface area contributed by atoms with E-state index in [9.17, 15) is 22.0 Å². The quantitative estimate of drug-likeness (QED) is 0.461. The van der Waals surface area contributed by atoms with Gasteiger partial charge in [0, 0.05) is 9.79 Å². The van der Waals surface area contributed by atoms with Crippen molar-refractivity contribution in [1.82, 2.24) is 0 Å². The number of rotatable bonds is 0. The molecule has 0 saturated heterocycles. The van der Waals surface area contributed by atoms with E-state index in [1.807, 2.05) is 0 Å². The summed E-state index contributed by atoms with van der Waals surface area (Å²) in [5.74, 6) is -1.26. The normalized spacial score (nSPS) is 14.6. The number of fused-ring (bicyclic) bond motifs is 3. The predicted octanol–water partition coefficient (Wildman–Crippen LogP) is 5.46. The Morgan fingerprint density at radius 3 is 1.50 bits per heavy atom. The van der Waals surface area contributed by atoms with Crippen molar-refractivity contribution in [1.29, 1.82) is 0 Å². The Morgan fingerprint density at radius 2 is 1.15 bits per heavy atom. The fourth-order valence-corrected chi connectivity index (χ4v) is 4.35. The Balaban J connectivity index is 0.00000147. The van der Waals surface area contributed by atoms with Crippen molar-refractivity contribution in [2.75, 3.05) is 0 Å². The summed E-state index contributed by atoms with van der Waals surface area (Å²) in [5, 5.41) is 0. The molecule has 0 saturated carbocycles. The van der Waals surface area contributed by atoms with E-state index in [-0.39, 0.29) is 37.9 Å². The summed E-state index contributed by atoms with van der Waals surface area (Å²) < 4.78 is 65.9. The number of thiol groups is 1. The second-order valence-electron chi connectivity index (χ2n) is 4.13. The van der Waals surface area contributed by atoms with E-state index >= 15 is 0 Å². The van der Waals surface area contributed by atoms with E-state index in [1.54, 1.807) is 0 Å². The summed E-state index contributed by atoms with van der Waals surface area (Å²) in [4.78, 5) is 0.0639. The van der Waals surface area contributed by atoms with Gasteiger partial charge in [-0.05, 0) is 47.5 Å². The van der Waals surface area contributed by atoms with Gasteiger partial charge in [-0.15, -0.1) is 27.9 Å². The monoisotopic (exact) mass is 370 g/mol. The molecule has 0 bridgehead atoms. The first-order valence-corrected chi connectivity index (χ1v) is 6.68. The van der Waals surface area contributed by atoms with Gasteiger partial charge in [0.25, 0.3) is 0 Å². The third kappa shape index (κ3) is 2.33. The summed E-state index contributed by atoms with van der Waals surface area (Å²) in [6.45, 7) is 0. The highest BCUT2D eigenvalue weighted by Crippen LogP contribution is 2.66. The molecule has 0 N–H and O–H groups in total. The molecular formula is C13H8BrF5S. The average molecular weight is 371 g/mol. The van der Waals surface area contributed by atoms with Gasteiger partial charge < -0.3 is 0 Å². The van der Waals surface area contributed by atoms with Gasteiger partial charge in [0.15, 0.2) is 0 Å². The van der Waals surface area contributed by atoms with E-state index in [0.717, 1.165) is 36.4 Å². The van der Waals surface area contributed by atoms with Crippen LogP contribution in [-0.4, -0.2) is 5.51 Å². The van der Waals surface area contributed by atoms with Crippen LogP contribution in [0.15, 0.2) is 46.2 Å². The Morgan fingerprint density at radius 1 is 0.750 bits per heavy atom. The molecule has 2 aromatic rings. The lowest BCUT2D eigenvalue weighted by Crippen LogP contribution is -2.07. The fourth-order valence-electron chi connectivity index (χ4n) is 2.24. The predicted molar refractivity (Wildman–Crippen MR) is 73.7 cm³/mol. The minimum Gasteiger partial charge on any atom is -0.207 e. The van der Waals surface area contributed by atoms with Crippen LogP contribution in [0.5, 0.6) is 0 Å². The third-order valence-corrected chi connectivity index (χ3v) is 5.19. The minimum absolute atomic E-state index is 0. The molecule has 0 aliphatic carbocycles. The zero-order valence-electron chi connectivity index (χ0n) is 9.71. The van der Waals surface area contributed by atoms with Gasteiger partial charge in [-0.25, -0.2) is 8.78 Å². The molecule has 0 unspecified atom stereocenters. The number of benzene rings is 2. The van der Waals surface area contributed by atoms with Crippen LogP contribution >= 0.6 is 27.9 Å². The largest absolute Gasteiger partial charge is 0.431 e. The molecule has 1 aliphatic rings. The van der Waals surface area contributed by atoms with E-state index < -0.39 is 28.0 Å². The Labute approximate surface area is 124 Å². The number of alkyl halides is 3. The molecule has 0 spiro atoms. The highest BCUT2D eigenvalue weighted by Gasteiger charge is 2.44. The van der Waals surface area contributed by atoms with Crippen molar-refractivity contribution in [3.63, 3.8) is 0 Å². The second-order valence-corrected chi connectivity index (χ2v) is 6.27. The van der Waals surface area contributed by atoms with Gasteiger partial charge in [0.05, 0.1) is 0 Å². The van der Waals surface area contributed by atoms with Crippen LogP contribution in [0.1, 0.15) is 0 Å². The van der Waals surface area contributed by atoms with Crippen molar-refractivity contribution in [2.45, 2.75) is 15.3 Å². The SMILES string of the molecule is Br.Fc1ccc2c(c1)-c1cc(F)ccc1[SH]2C(F)(F)F. The molecule has 0 aromatic heterocycles. The van der Waals surface area contributed by atoms with Gasteiger partial charge in [0.1, 0.15) is 11.6 Å². The highest BCUT2D eigenvalue weighted by molar-refractivity contribution is 8.93. The first kappa shape index (κ1) is 15.3. The maximum Gasteiger partial charge on any atom is 0.431 e. The molecule has 0 fully saturated rings. The van der Waals surface area contributed by atoms with E-state index in [0.29, 0.717) is 0 Å². The molecule has 7 heteroatoms. The summed E-state index contributed by atoms with van der Waals surface area (Å²) in [7, 11) is -2.58. The summed E-state index contributed by atoms with van der Waals surface area (Å²) >= 11 is 0. The van der Waals surface area contributed by atoms with Crippen molar-refractivity contribution in [2.24, 2.45) is 0 Å². The van der Waals surface area contributed by atoms with Gasteiger partial charge in [0.2, 0.25) is 0 Å². The lowest BCUT2D eigenvalue weighted by Gasteiger charge is -2.21. The summed E-state index contributed by atoms with van der Waals surface area (Å²) in [5.41, 5.74) is -4.15. The lowest BCUT2D eigenvalue weighted by atomic mass is 10.1. The maximum atomic E-state index is 13.2. The average Bonchev–Trinajstić information content (AvgIpc) is 2.62. The Kier molecular flexibility index (Phi) is 3.85. The molecule has 0 nitrogen and oxygen atoms in total. The van der Waals surface area contributed by atoms with Crippen LogP contribution in [0.3, 0.4) is 0 Å². The van der Waals surface area contributed by atoms with Gasteiger partial charge in [-0.1, -0.05) is 0 Å². The van der Waals surface area contributed by atoms with Crippen LogP contribution < -0.4 is 0 Å². The first-order chi connectivity index (χ1) is 8.88. The molecule has 0 amide bonds. The number of halogens is 6. The van der Waals surface area contributed by atoms with Crippen molar-refractivity contribution in [3.05, 3.63) is 48.0 Å². The molecule has 2 aromatic carbocycles. The lowest BCUT2D eigenvalue weighted by molar-refractivity contribution is -0.0353. The van der Waals surface area contributed by atoms with Crippen LogP contribution in [0.25, 0.3) is 11.1 Å². The molecule has 1 aliphatic heterocycles. The fraction of sp³-hybridized carbons (Fsp3) is 0.0769. The van der Waals surface area contributed by atoms with Crippen molar-refractivity contribution < 1.29 is 22.0 Å². The van der Waals surface area contributed by atoms with E-state index in [4.69, 9.17) is 0 Å². The molecule has 1 heterocycles. The highest BCUT2D eigenvalue weighted by atomic mass is 79.9. The zero-order valence-corrected chi connectivity index (χ0v) is 12.3. The minimum atomic E-state index is -4.43. The standard InChI is InChI=1S/C13H7F5S.BrH/c14-7-1-3-11-9(5-7)10-6-8(15)2-4-12(10)19(11)13(16,17)18;/h1-6,19H;1H. The summed E-state index contributed by atoms with van der Waals surface area (Å²) in [6, 6.07) is 6.34. The van der Waals surface area contributed by atoms with E-state index in [2.05, 4.69) is 0 Å². The Hall–Kier alpha value is -1.08. The smallest absolute Gasteiger partial charge is 0.207 e. The molecular weight excluding hydrogens is 363 g/mol. The van der Waals surface area contributed by atoms with Crippen LogP contribution in [0, 0.1) is 11.6 Å². The summed E-state index contributed by atoms with van der Waals surface area (Å²) in [6.07, 6.45) is 0. The van der Waals surface area contributed by atoms with Crippen LogP contribution in [-0.2, 0) is 0 Å². The Bertz CT molecular complexity index is 617. The molecule has 20 heavy (non-hydrogen) atoms. The van der Waals surface area contributed by atoms with Crippen molar-refractivity contribution in [3.8, 4) is 11.1 Å². The molecule has 0 radical (unpaired) electrons. The van der Waals surface area contributed by atoms with Crippen LogP contribution in [0.4, 0.5) is 22.0 Å². The van der Waals surface area contributed by atoms with Gasteiger partial charge in [-0.2, -0.15) is 13.2 Å². The second kappa shape index (κ2) is 5.04. The number of hydrogen-bond acceptors (Lipinski definition) is 0. The maximum absolute atomic E-state index is 13.2. The van der Waals surface area contributed by atoms with Gasteiger partial charge in [-0.3, -0.25) is 0 Å². The van der Waals surface area contributed by atoms with Crippen molar-refractivity contribution >= 4 is 27.9 Å². The first-order valence-electron chi connectivity index (χ1n) is 5.34. The molecule has 0 atom stereocenters. The van der Waals surface area contributed by atoms with E-state index in [1.165, 1.54) is 0 Å². The zero-order chi connectivity index (χ0) is 13.8. The third-order valence-electron chi connectivity index (χ3n) is 2.94. The van der Waals surface area contributed by atoms with Crippen LogP contribution in [0.2, 0.25) is 0 Å². The number of hydrogen-bond donors (Lipinski definition) is 1. The topological polar surface area (TPSA) is 0 Å². The molecule has 108 valence electrons. The van der Waals surface area contributed by atoms with Gasteiger partial charge >= 0.3 is 5.51 Å². The molecule has 3 rings (SSSR count).